The minimum atomic E-state index is -0.275. The number of anilines is 2. The highest BCUT2D eigenvalue weighted by Crippen LogP contribution is 2.36. The highest BCUT2D eigenvalue weighted by Gasteiger charge is 2.29. The maximum Gasteiger partial charge on any atom is 0.264 e. The molecule has 0 spiro atoms. The fourth-order valence-corrected chi connectivity index (χ4v) is 4.60. The molecule has 7 heteroatoms. The Morgan fingerprint density at radius 1 is 1.13 bits per heavy atom. The summed E-state index contributed by atoms with van der Waals surface area (Å²) in [5, 5.41) is 0.330. The van der Waals surface area contributed by atoms with Crippen LogP contribution in [-0.4, -0.2) is 25.6 Å². The molecule has 1 aliphatic heterocycles. The number of H-pyrrole nitrogens is 1. The van der Waals surface area contributed by atoms with Gasteiger partial charge >= 0.3 is 0 Å². The summed E-state index contributed by atoms with van der Waals surface area (Å²) < 4.78 is 2.18. The Hall–Kier alpha value is -3.32. The molecule has 1 atom stereocenters. The summed E-state index contributed by atoms with van der Waals surface area (Å²) in [5.41, 5.74) is 5.53. The number of hydrogen-bond acceptors (Lipinski definition) is 5. The van der Waals surface area contributed by atoms with E-state index in [0.29, 0.717) is 21.6 Å². The van der Waals surface area contributed by atoms with Crippen molar-refractivity contribution in [3.05, 3.63) is 80.5 Å². The van der Waals surface area contributed by atoms with Crippen molar-refractivity contribution >= 4 is 34.9 Å². The van der Waals surface area contributed by atoms with Gasteiger partial charge in [-0.1, -0.05) is 48.1 Å². The standard InChI is InChI=1S/C23H21N5OS/c1-13-8-9-17(14(2)10-13)27-12-24-20-19(22(27)30)21(29)26-23(25-20)28-15(3)11-16-6-4-5-7-18(16)28/h4-10,12,15H,11H2,1-3H3,(H,25,26,29)/t15-/m1/s1. The van der Waals surface area contributed by atoms with Gasteiger partial charge in [0, 0.05) is 11.7 Å². The second kappa shape index (κ2) is 6.88. The van der Waals surface area contributed by atoms with Crippen molar-refractivity contribution in [2.24, 2.45) is 0 Å². The molecule has 150 valence electrons. The summed E-state index contributed by atoms with van der Waals surface area (Å²) in [6.45, 7) is 6.18. The smallest absolute Gasteiger partial charge is 0.264 e. The zero-order chi connectivity index (χ0) is 21.0. The second-order valence-corrected chi connectivity index (χ2v) is 8.24. The number of aromatic nitrogens is 4. The number of aryl methyl sites for hydroxylation is 2. The van der Waals surface area contributed by atoms with Crippen molar-refractivity contribution in [1.82, 2.24) is 19.5 Å². The van der Waals surface area contributed by atoms with Crippen molar-refractivity contribution in [1.29, 1.82) is 0 Å². The quantitative estimate of drug-likeness (QED) is 0.487. The highest BCUT2D eigenvalue weighted by molar-refractivity contribution is 7.71. The first kappa shape index (κ1) is 18.7. The lowest BCUT2D eigenvalue weighted by Gasteiger charge is -2.23. The third-order valence-corrected chi connectivity index (χ3v) is 6.06. The number of aromatic amines is 1. The molecule has 3 heterocycles. The topological polar surface area (TPSA) is 66.8 Å². The molecule has 0 saturated carbocycles. The molecule has 5 rings (SSSR count). The van der Waals surface area contributed by atoms with E-state index >= 15 is 0 Å². The van der Waals surface area contributed by atoms with E-state index in [9.17, 15) is 4.79 Å². The molecular formula is C23H21N5OS. The molecule has 0 unspecified atom stereocenters. The van der Waals surface area contributed by atoms with Gasteiger partial charge in [-0.05, 0) is 50.5 Å². The van der Waals surface area contributed by atoms with Crippen LogP contribution in [0, 0.1) is 18.5 Å². The molecule has 1 N–H and O–H groups in total. The predicted molar refractivity (Wildman–Crippen MR) is 122 cm³/mol. The van der Waals surface area contributed by atoms with Crippen LogP contribution in [0.3, 0.4) is 0 Å². The van der Waals surface area contributed by atoms with Crippen molar-refractivity contribution in [3.63, 3.8) is 0 Å². The van der Waals surface area contributed by atoms with Gasteiger partial charge in [0.2, 0.25) is 5.95 Å². The maximum absolute atomic E-state index is 13.1. The zero-order valence-electron chi connectivity index (χ0n) is 17.0. The van der Waals surface area contributed by atoms with Crippen molar-refractivity contribution in [2.75, 3.05) is 4.90 Å². The number of para-hydroxylation sites is 1. The van der Waals surface area contributed by atoms with Crippen molar-refractivity contribution in [3.8, 4) is 5.69 Å². The van der Waals surface area contributed by atoms with Crippen molar-refractivity contribution in [2.45, 2.75) is 33.2 Å². The number of nitrogens with zero attached hydrogens (tertiary/aromatic N) is 4. The van der Waals surface area contributed by atoms with E-state index in [4.69, 9.17) is 12.2 Å². The van der Waals surface area contributed by atoms with Crippen LogP contribution in [0.15, 0.2) is 53.6 Å². The molecule has 2 aromatic heterocycles. The predicted octanol–water partition coefficient (Wildman–Crippen LogP) is 4.54. The number of nitrogens with one attached hydrogen (secondary N) is 1. The average molecular weight is 416 g/mol. The van der Waals surface area contributed by atoms with Crippen LogP contribution in [0.2, 0.25) is 0 Å². The third-order valence-electron chi connectivity index (χ3n) is 5.66. The summed E-state index contributed by atoms with van der Waals surface area (Å²) in [4.78, 5) is 27.3. The summed E-state index contributed by atoms with van der Waals surface area (Å²) in [6.07, 6.45) is 2.55. The van der Waals surface area contributed by atoms with Gasteiger partial charge in [-0.3, -0.25) is 14.3 Å². The average Bonchev–Trinajstić information content (AvgIpc) is 3.04. The number of benzene rings is 2. The summed E-state index contributed by atoms with van der Waals surface area (Å²) in [6, 6.07) is 14.5. The number of fused-ring (bicyclic) bond motifs is 2. The van der Waals surface area contributed by atoms with Gasteiger partial charge in [-0.25, -0.2) is 4.98 Å². The molecule has 0 fully saturated rings. The van der Waals surface area contributed by atoms with E-state index < -0.39 is 0 Å². The lowest BCUT2D eigenvalue weighted by atomic mass is 10.1. The Morgan fingerprint density at radius 3 is 2.73 bits per heavy atom. The molecule has 1 aliphatic rings. The molecule has 0 aliphatic carbocycles. The first-order chi connectivity index (χ1) is 14.4. The van der Waals surface area contributed by atoms with Gasteiger partial charge in [0.25, 0.3) is 5.56 Å². The van der Waals surface area contributed by atoms with Crippen LogP contribution in [-0.2, 0) is 6.42 Å². The maximum atomic E-state index is 13.1. The van der Waals surface area contributed by atoms with E-state index in [-0.39, 0.29) is 11.6 Å². The summed E-state index contributed by atoms with van der Waals surface area (Å²) >= 11 is 5.67. The van der Waals surface area contributed by atoms with Crippen LogP contribution < -0.4 is 10.5 Å². The Labute approximate surface area is 178 Å². The van der Waals surface area contributed by atoms with E-state index in [2.05, 4.69) is 38.9 Å². The largest absolute Gasteiger partial charge is 0.309 e. The SMILES string of the molecule is Cc1ccc(-n2cnc3nc(N4c5ccccc5C[C@H]4C)[nH]c(=O)c3c2=S)c(C)c1. The lowest BCUT2D eigenvalue weighted by molar-refractivity contribution is 0.739. The monoisotopic (exact) mass is 415 g/mol. The highest BCUT2D eigenvalue weighted by atomic mass is 32.1. The Kier molecular flexibility index (Phi) is 4.29. The number of rotatable bonds is 2. The normalized spacial score (nSPS) is 15.6. The molecule has 0 amide bonds. The van der Waals surface area contributed by atoms with Crippen LogP contribution in [0.25, 0.3) is 16.7 Å². The van der Waals surface area contributed by atoms with E-state index in [1.54, 1.807) is 10.9 Å². The molecular weight excluding hydrogens is 394 g/mol. The van der Waals surface area contributed by atoms with Gasteiger partial charge < -0.3 is 4.90 Å². The van der Waals surface area contributed by atoms with Gasteiger partial charge in [-0.2, -0.15) is 4.98 Å². The molecule has 0 bridgehead atoms. The van der Waals surface area contributed by atoms with E-state index in [0.717, 1.165) is 23.4 Å². The first-order valence-corrected chi connectivity index (χ1v) is 10.3. The molecule has 6 nitrogen and oxygen atoms in total. The summed E-state index contributed by atoms with van der Waals surface area (Å²) in [7, 11) is 0. The summed E-state index contributed by atoms with van der Waals surface area (Å²) in [5.74, 6) is 0.496. The van der Waals surface area contributed by atoms with Gasteiger partial charge in [0.05, 0.1) is 5.69 Å². The fourth-order valence-electron chi connectivity index (χ4n) is 4.27. The minimum Gasteiger partial charge on any atom is -0.309 e. The zero-order valence-corrected chi connectivity index (χ0v) is 17.8. The van der Waals surface area contributed by atoms with Crippen LogP contribution in [0.1, 0.15) is 23.6 Å². The Balaban J connectivity index is 1.68. The first-order valence-electron chi connectivity index (χ1n) is 9.90. The van der Waals surface area contributed by atoms with Gasteiger partial charge in [0.15, 0.2) is 5.65 Å². The van der Waals surface area contributed by atoms with E-state index in [1.807, 2.05) is 44.2 Å². The Morgan fingerprint density at radius 2 is 1.93 bits per heavy atom. The van der Waals surface area contributed by atoms with Gasteiger partial charge in [-0.15, -0.1) is 0 Å². The van der Waals surface area contributed by atoms with E-state index in [1.165, 1.54) is 11.1 Å². The second-order valence-electron chi connectivity index (χ2n) is 7.85. The van der Waals surface area contributed by atoms with Crippen LogP contribution in [0.4, 0.5) is 11.6 Å². The lowest BCUT2D eigenvalue weighted by Crippen LogP contribution is -2.28. The molecule has 30 heavy (non-hydrogen) atoms. The fraction of sp³-hybridized carbons (Fsp3) is 0.217. The minimum absolute atomic E-state index is 0.190. The third kappa shape index (κ3) is 2.85. The van der Waals surface area contributed by atoms with Gasteiger partial charge in [0.1, 0.15) is 16.4 Å². The number of hydrogen-bond donors (Lipinski definition) is 1. The Bertz CT molecular complexity index is 1420. The molecule has 0 saturated heterocycles. The van der Waals surface area contributed by atoms with Crippen LogP contribution in [0.5, 0.6) is 0 Å². The molecule has 2 aromatic carbocycles. The van der Waals surface area contributed by atoms with Crippen molar-refractivity contribution < 1.29 is 0 Å². The molecule has 4 aromatic rings. The molecule has 0 radical (unpaired) electrons. The van der Waals surface area contributed by atoms with Crippen LogP contribution >= 0.6 is 12.2 Å².